The molecule has 88 valence electrons. The van der Waals surface area contributed by atoms with Crippen LogP contribution in [-0.2, 0) is 9.47 Å². The highest BCUT2D eigenvalue weighted by Gasteiger charge is 2.25. The van der Waals surface area contributed by atoms with Crippen molar-refractivity contribution in [1.29, 1.82) is 0 Å². The Hall–Kier alpha value is -1.04. The standard InChI is InChI=1S/C11H13F2NO2/c12-7-1-2-9(13)8(5-7)11(14)10-6-15-3-4-16-10/h1-2,5,10-11H,3-4,6,14H2. The molecule has 0 radical (unpaired) electrons. The SMILES string of the molecule is NC(c1cc(F)ccc1F)C1COCCO1. The molecular formula is C11H13F2NO2. The number of rotatable bonds is 2. The predicted molar refractivity (Wildman–Crippen MR) is 53.8 cm³/mol. The average molecular weight is 229 g/mol. The van der Waals surface area contributed by atoms with Crippen molar-refractivity contribution in [2.24, 2.45) is 5.73 Å². The van der Waals surface area contributed by atoms with Gasteiger partial charge in [-0.15, -0.1) is 0 Å². The lowest BCUT2D eigenvalue weighted by Gasteiger charge is -2.28. The van der Waals surface area contributed by atoms with Crippen molar-refractivity contribution >= 4 is 0 Å². The van der Waals surface area contributed by atoms with Crippen molar-refractivity contribution in [3.8, 4) is 0 Å². The van der Waals surface area contributed by atoms with E-state index in [9.17, 15) is 8.78 Å². The van der Waals surface area contributed by atoms with Gasteiger partial charge >= 0.3 is 0 Å². The van der Waals surface area contributed by atoms with Crippen LogP contribution in [0.15, 0.2) is 18.2 Å². The maximum atomic E-state index is 13.4. The summed E-state index contributed by atoms with van der Waals surface area (Å²) in [6.07, 6.45) is -0.426. The van der Waals surface area contributed by atoms with E-state index in [-0.39, 0.29) is 5.56 Å². The molecule has 2 unspecified atom stereocenters. The zero-order chi connectivity index (χ0) is 11.5. The van der Waals surface area contributed by atoms with E-state index < -0.39 is 23.8 Å². The van der Waals surface area contributed by atoms with Crippen LogP contribution in [0.5, 0.6) is 0 Å². The fraction of sp³-hybridized carbons (Fsp3) is 0.455. The van der Waals surface area contributed by atoms with Crippen molar-refractivity contribution in [2.75, 3.05) is 19.8 Å². The van der Waals surface area contributed by atoms with E-state index in [1.165, 1.54) is 0 Å². The van der Waals surface area contributed by atoms with Crippen LogP contribution in [-0.4, -0.2) is 25.9 Å². The highest BCUT2D eigenvalue weighted by Crippen LogP contribution is 2.22. The number of halogens is 2. The first kappa shape index (κ1) is 11.4. The third-order valence-electron chi connectivity index (χ3n) is 2.56. The smallest absolute Gasteiger partial charge is 0.128 e. The highest BCUT2D eigenvalue weighted by atomic mass is 19.1. The van der Waals surface area contributed by atoms with Crippen molar-refractivity contribution in [3.63, 3.8) is 0 Å². The van der Waals surface area contributed by atoms with E-state index in [0.29, 0.717) is 19.8 Å². The van der Waals surface area contributed by atoms with Gasteiger partial charge in [-0.1, -0.05) is 0 Å². The number of hydrogen-bond acceptors (Lipinski definition) is 3. The zero-order valence-corrected chi connectivity index (χ0v) is 8.66. The lowest BCUT2D eigenvalue weighted by molar-refractivity contribution is -0.0979. The maximum absolute atomic E-state index is 13.4. The van der Waals surface area contributed by atoms with E-state index >= 15 is 0 Å². The fourth-order valence-corrected chi connectivity index (χ4v) is 1.68. The Morgan fingerprint density at radius 1 is 1.31 bits per heavy atom. The van der Waals surface area contributed by atoms with Gasteiger partial charge in [0.15, 0.2) is 0 Å². The lowest BCUT2D eigenvalue weighted by atomic mass is 10.0. The van der Waals surface area contributed by atoms with Crippen molar-refractivity contribution < 1.29 is 18.3 Å². The van der Waals surface area contributed by atoms with Crippen LogP contribution in [0.1, 0.15) is 11.6 Å². The molecule has 3 nitrogen and oxygen atoms in total. The molecule has 2 atom stereocenters. The van der Waals surface area contributed by atoms with Crippen molar-refractivity contribution in [2.45, 2.75) is 12.1 Å². The summed E-state index contributed by atoms with van der Waals surface area (Å²) in [5.41, 5.74) is 5.95. The van der Waals surface area contributed by atoms with E-state index in [1.54, 1.807) is 0 Å². The van der Waals surface area contributed by atoms with Gasteiger partial charge in [0.05, 0.1) is 25.9 Å². The Morgan fingerprint density at radius 2 is 2.12 bits per heavy atom. The Morgan fingerprint density at radius 3 is 2.81 bits per heavy atom. The minimum atomic E-state index is -0.712. The van der Waals surface area contributed by atoms with E-state index in [1.807, 2.05) is 0 Å². The second-order valence-corrected chi connectivity index (χ2v) is 3.68. The molecule has 1 saturated heterocycles. The number of benzene rings is 1. The van der Waals surface area contributed by atoms with E-state index in [2.05, 4.69) is 0 Å². The van der Waals surface area contributed by atoms with Gasteiger partial charge in [-0.25, -0.2) is 8.78 Å². The number of nitrogens with two attached hydrogens (primary N) is 1. The Balaban J connectivity index is 2.18. The largest absolute Gasteiger partial charge is 0.376 e. The molecule has 0 aromatic heterocycles. The van der Waals surface area contributed by atoms with Crippen LogP contribution < -0.4 is 5.73 Å². The van der Waals surface area contributed by atoms with Crippen molar-refractivity contribution in [1.82, 2.24) is 0 Å². The van der Waals surface area contributed by atoms with Crippen LogP contribution in [0.4, 0.5) is 8.78 Å². The third-order valence-corrected chi connectivity index (χ3v) is 2.56. The molecule has 0 aliphatic carbocycles. The molecule has 16 heavy (non-hydrogen) atoms. The van der Waals surface area contributed by atoms with Crippen LogP contribution in [0, 0.1) is 11.6 Å². The molecule has 0 bridgehead atoms. The molecule has 0 saturated carbocycles. The first-order valence-electron chi connectivity index (χ1n) is 5.08. The molecular weight excluding hydrogens is 216 g/mol. The normalized spacial score (nSPS) is 23.1. The summed E-state index contributed by atoms with van der Waals surface area (Å²) in [5, 5.41) is 0. The molecule has 1 heterocycles. The Kier molecular flexibility index (Phi) is 3.48. The molecule has 1 aromatic carbocycles. The zero-order valence-electron chi connectivity index (χ0n) is 8.66. The van der Waals surface area contributed by atoms with Crippen LogP contribution in [0.2, 0.25) is 0 Å². The molecule has 0 spiro atoms. The molecule has 1 aromatic rings. The van der Waals surface area contributed by atoms with Crippen LogP contribution in [0.25, 0.3) is 0 Å². The summed E-state index contributed by atoms with van der Waals surface area (Å²) in [5.74, 6) is -1.04. The predicted octanol–water partition coefficient (Wildman–Crippen LogP) is 1.38. The summed E-state index contributed by atoms with van der Waals surface area (Å²) in [7, 11) is 0. The lowest BCUT2D eigenvalue weighted by Crippen LogP contribution is -2.38. The fourth-order valence-electron chi connectivity index (χ4n) is 1.68. The van der Waals surface area contributed by atoms with Gasteiger partial charge in [-0.2, -0.15) is 0 Å². The van der Waals surface area contributed by atoms with Crippen molar-refractivity contribution in [3.05, 3.63) is 35.4 Å². The second-order valence-electron chi connectivity index (χ2n) is 3.68. The third kappa shape index (κ3) is 2.37. The minimum absolute atomic E-state index is 0.121. The summed E-state index contributed by atoms with van der Waals surface area (Å²) < 4.78 is 36.9. The Labute approximate surface area is 92.1 Å². The summed E-state index contributed by atoms with van der Waals surface area (Å²) in [6.45, 7) is 1.24. The van der Waals surface area contributed by atoms with Crippen LogP contribution in [0.3, 0.4) is 0 Å². The molecule has 1 aliphatic rings. The molecule has 5 heteroatoms. The Bertz CT molecular complexity index is 367. The maximum Gasteiger partial charge on any atom is 0.128 e. The van der Waals surface area contributed by atoms with Gasteiger partial charge in [-0.3, -0.25) is 0 Å². The monoisotopic (exact) mass is 229 g/mol. The topological polar surface area (TPSA) is 44.5 Å². The van der Waals surface area contributed by atoms with Crippen LogP contribution >= 0.6 is 0 Å². The van der Waals surface area contributed by atoms with Gasteiger partial charge in [0, 0.05) is 5.56 Å². The van der Waals surface area contributed by atoms with E-state index in [4.69, 9.17) is 15.2 Å². The molecule has 2 rings (SSSR count). The molecule has 0 amide bonds. The first-order valence-corrected chi connectivity index (χ1v) is 5.08. The first-order chi connectivity index (χ1) is 7.68. The summed E-state index contributed by atoms with van der Waals surface area (Å²) in [4.78, 5) is 0. The molecule has 1 aliphatic heterocycles. The van der Waals surface area contributed by atoms with E-state index in [0.717, 1.165) is 18.2 Å². The summed E-state index contributed by atoms with van der Waals surface area (Å²) in [6, 6.07) is 2.51. The van der Waals surface area contributed by atoms with Gasteiger partial charge in [0.1, 0.15) is 17.7 Å². The van der Waals surface area contributed by atoms with Gasteiger partial charge in [0.25, 0.3) is 0 Å². The van der Waals surface area contributed by atoms with Gasteiger partial charge in [-0.05, 0) is 18.2 Å². The molecule has 2 N–H and O–H groups in total. The number of hydrogen-bond donors (Lipinski definition) is 1. The minimum Gasteiger partial charge on any atom is -0.376 e. The highest BCUT2D eigenvalue weighted by molar-refractivity contribution is 5.23. The summed E-state index contributed by atoms with van der Waals surface area (Å²) >= 11 is 0. The quantitative estimate of drug-likeness (QED) is 0.833. The second kappa shape index (κ2) is 4.86. The molecule has 1 fully saturated rings. The average Bonchev–Trinajstić information content (AvgIpc) is 2.32. The number of ether oxygens (including phenoxy) is 2. The van der Waals surface area contributed by atoms with Gasteiger partial charge in [0.2, 0.25) is 0 Å². The van der Waals surface area contributed by atoms with Gasteiger partial charge < -0.3 is 15.2 Å².